The van der Waals surface area contributed by atoms with Gasteiger partial charge in [0, 0.05) is 13.1 Å². The van der Waals surface area contributed by atoms with Crippen molar-refractivity contribution in [1.29, 1.82) is 0 Å². The first-order chi connectivity index (χ1) is 7.95. The van der Waals surface area contributed by atoms with Crippen LogP contribution in [0, 0.1) is 0 Å². The first-order valence-corrected chi connectivity index (χ1v) is 6.60. The van der Waals surface area contributed by atoms with Crippen LogP contribution in [-0.4, -0.2) is 51.6 Å². The average Bonchev–Trinajstić information content (AvgIpc) is 3.14. The molecule has 2 heterocycles. The van der Waals surface area contributed by atoms with Crippen LogP contribution >= 0.6 is 0 Å². The lowest BCUT2D eigenvalue weighted by molar-refractivity contribution is 0.393. The van der Waals surface area contributed by atoms with E-state index in [9.17, 15) is 0 Å². The summed E-state index contributed by atoms with van der Waals surface area (Å²) in [5.74, 6) is 0. The molecule has 0 aliphatic carbocycles. The lowest BCUT2D eigenvalue weighted by atomic mass is 10.2. The molecule has 4 nitrogen and oxygen atoms in total. The molecule has 16 heavy (non-hydrogen) atoms. The topological polar surface area (TPSA) is 49.1 Å². The van der Waals surface area contributed by atoms with Crippen molar-refractivity contribution >= 4 is 0 Å². The van der Waals surface area contributed by atoms with Crippen LogP contribution in [0.5, 0.6) is 0 Å². The minimum absolute atomic E-state index is 0.522. The van der Waals surface area contributed by atoms with E-state index in [1.807, 2.05) is 0 Å². The first-order valence-electron chi connectivity index (χ1n) is 6.60. The summed E-state index contributed by atoms with van der Waals surface area (Å²) in [5.41, 5.74) is 0. The third-order valence-corrected chi connectivity index (χ3v) is 3.01. The molecule has 2 rings (SSSR count). The van der Waals surface area contributed by atoms with Gasteiger partial charge in [-0.05, 0) is 25.9 Å². The maximum Gasteiger partial charge on any atom is 0.0933 e. The standard InChI is InChI=1S/C12H24N2O2/c1(3-5-13-7-11-9-15-11)2-4-6-14-8-12-10-16-12/h11-14H,1-10H2. The Morgan fingerprint density at radius 3 is 1.56 bits per heavy atom. The monoisotopic (exact) mass is 228 g/mol. The zero-order chi connectivity index (χ0) is 11.1. The highest BCUT2D eigenvalue weighted by atomic mass is 16.6. The van der Waals surface area contributed by atoms with Gasteiger partial charge in [0.15, 0.2) is 0 Å². The van der Waals surface area contributed by atoms with E-state index < -0.39 is 0 Å². The number of epoxide rings is 2. The molecule has 94 valence electrons. The highest BCUT2D eigenvalue weighted by molar-refractivity contribution is 4.72. The van der Waals surface area contributed by atoms with E-state index in [2.05, 4.69) is 10.6 Å². The normalized spacial score (nSPS) is 27.0. The molecule has 2 aliphatic heterocycles. The van der Waals surface area contributed by atoms with Crippen LogP contribution in [0.4, 0.5) is 0 Å². The van der Waals surface area contributed by atoms with Crippen LogP contribution in [0.15, 0.2) is 0 Å². The van der Waals surface area contributed by atoms with Gasteiger partial charge in [0.1, 0.15) is 0 Å². The molecule has 0 aromatic heterocycles. The van der Waals surface area contributed by atoms with E-state index in [1.54, 1.807) is 0 Å². The molecule has 2 atom stereocenters. The minimum Gasteiger partial charge on any atom is -0.372 e. The fourth-order valence-electron chi connectivity index (χ4n) is 1.75. The number of ether oxygens (including phenoxy) is 2. The number of nitrogens with one attached hydrogen (secondary N) is 2. The van der Waals surface area contributed by atoms with Crippen molar-refractivity contribution in [2.75, 3.05) is 39.4 Å². The first kappa shape index (κ1) is 12.3. The fraction of sp³-hybridized carbons (Fsp3) is 1.00. The van der Waals surface area contributed by atoms with Gasteiger partial charge in [-0.25, -0.2) is 0 Å². The second-order valence-corrected chi connectivity index (χ2v) is 4.73. The molecular weight excluding hydrogens is 204 g/mol. The maximum absolute atomic E-state index is 5.12. The van der Waals surface area contributed by atoms with Gasteiger partial charge in [0.05, 0.1) is 25.4 Å². The van der Waals surface area contributed by atoms with Crippen LogP contribution in [0.25, 0.3) is 0 Å². The summed E-state index contributed by atoms with van der Waals surface area (Å²) in [4.78, 5) is 0. The molecule has 0 bridgehead atoms. The Labute approximate surface area is 98.1 Å². The van der Waals surface area contributed by atoms with E-state index >= 15 is 0 Å². The zero-order valence-electron chi connectivity index (χ0n) is 10.0. The number of rotatable bonds is 11. The van der Waals surface area contributed by atoms with Crippen LogP contribution in [0.2, 0.25) is 0 Å². The summed E-state index contributed by atoms with van der Waals surface area (Å²) in [6.07, 6.45) is 6.29. The summed E-state index contributed by atoms with van der Waals surface area (Å²) in [7, 11) is 0. The second-order valence-electron chi connectivity index (χ2n) is 4.73. The van der Waals surface area contributed by atoms with Crippen molar-refractivity contribution in [3.8, 4) is 0 Å². The van der Waals surface area contributed by atoms with E-state index in [1.165, 1.54) is 25.7 Å². The number of hydrogen-bond donors (Lipinski definition) is 2. The molecular formula is C12H24N2O2. The van der Waals surface area contributed by atoms with Gasteiger partial charge in [-0.1, -0.05) is 12.8 Å². The van der Waals surface area contributed by atoms with Gasteiger partial charge in [-0.2, -0.15) is 0 Å². The van der Waals surface area contributed by atoms with Gasteiger partial charge in [-0.15, -0.1) is 0 Å². The van der Waals surface area contributed by atoms with Crippen LogP contribution in [-0.2, 0) is 9.47 Å². The van der Waals surface area contributed by atoms with E-state index in [0.29, 0.717) is 12.2 Å². The second kappa shape index (κ2) is 7.22. The third kappa shape index (κ3) is 6.43. The highest BCUT2D eigenvalue weighted by Crippen LogP contribution is 2.07. The summed E-state index contributed by atoms with van der Waals surface area (Å²) in [5, 5.41) is 6.83. The lowest BCUT2D eigenvalue weighted by Gasteiger charge is -2.04. The van der Waals surface area contributed by atoms with Gasteiger partial charge >= 0.3 is 0 Å². The SMILES string of the molecule is C(CCCNCC1CO1)CCNCC1CO1. The van der Waals surface area contributed by atoms with Crippen molar-refractivity contribution in [2.24, 2.45) is 0 Å². The minimum atomic E-state index is 0.522. The van der Waals surface area contributed by atoms with E-state index in [0.717, 1.165) is 39.4 Å². The van der Waals surface area contributed by atoms with E-state index in [-0.39, 0.29) is 0 Å². The lowest BCUT2D eigenvalue weighted by Crippen LogP contribution is -2.21. The molecule has 2 saturated heterocycles. The van der Waals surface area contributed by atoms with Crippen molar-refractivity contribution in [3.05, 3.63) is 0 Å². The Bertz CT molecular complexity index is 162. The summed E-state index contributed by atoms with van der Waals surface area (Å²) < 4.78 is 10.2. The fourth-order valence-corrected chi connectivity index (χ4v) is 1.75. The Morgan fingerprint density at radius 2 is 1.19 bits per heavy atom. The molecule has 2 N–H and O–H groups in total. The molecule has 0 spiro atoms. The van der Waals surface area contributed by atoms with Gasteiger partial charge < -0.3 is 20.1 Å². The van der Waals surface area contributed by atoms with Crippen LogP contribution in [0.1, 0.15) is 25.7 Å². The molecule has 2 fully saturated rings. The molecule has 0 amide bonds. The molecule has 2 aliphatic rings. The number of unbranched alkanes of at least 4 members (excludes halogenated alkanes) is 3. The Hall–Kier alpha value is -0.160. The maximum atomic E-state index is 5.12. The Morgan fingerprint density at radius 1 is 0.750 bits per heavy atom. The highest BCUT2D eigenvalue weighted by Gasteiger charge is 2.21. The van der Waals surface area contributed by atoms with Gasteiger partial charge in [-0.3, -0.25) is 0 Å². The van der Waals surface area contributed by atoms with Gasteiger partial charge in [0.25, 0.3) is 0 Å². The summed E-state index contributed by atoms with van der Waals surface area (Å²) in [6.45, 7) is 6.30. The van der Waals surface area contributed by atoms with E-state index in [4.69, 9.17) is 9.47 Å². The molecule has 0 radical (unpaired) electrons. The Balaban J connectivity index is 1.22. The predicted molar refractivity (Wildman–Crippen MR) is 63.7 cm³/mol. The molecule has 2 unspecified atom stereocenters. The van der Waals surface area contributed by atoms with Crippen molar-refractivity contribution in [3.63, 3.8) is 0 Å². The molecule has 0 aromatic rings. The average molecular weight is 228 g/mol. The largest absolute Gasteiger partial charge is 0.372 e. The molecule has 4 heteroatoms. The van der Waals surface area contributed by atoms with Crippen molar-refractivity contribution in [1.82, 2.24) is 10.6 Å². The summed E-state index contributed by atoms with van der Waals surface area (Å²) >= 11 is 0. The molecule has 0 saturated carbocycles. The van der Waals surface area contributed by atoms with Crippen molar-refractivity contribution in [2.45, 2.75) is 37.9 Å². The quantitative estimate of drug-likeness (QED) is 0.400. The Kier molecular flexibility index (Phi) is 5.55. The van der Waals surface area contributed by atoms with Crippen LogP contribution < -0.4 is 10.6 Å². The number of hydrogen-bond acceptors (Lipinski definition) is 4. The zero-order valence-corrected chi connectivity index (χ0v) is 10.0. The van der Waals surface area contributed by atoms with Gasteiger partial charge in [0.2, 0.25) is 0 Å². The summed E-state index contributed by atoms with van der Waals surface area (Å²) in [6, 6.07) is 0. The third-order valence-electron chi connectivity index (χ3n) is 3.01. The van der Waals surface area contributed by atoms with Crippen molar-refractivity contribution < 1.29 is 9.47 Å². The van der Waals surface area contributed by atoms with Crippen LogP contribution in [0.3, 0.4) is 0 Å². The predicted octanol–water partition coefficient (Wildman–Crippen LogP) is 0.524. The molecule has 0 aromatic carbocycles. The smallest absolute Gasteiger partial charge is 0.0933 e.